The molecule has 0 heterocycles. The summed E-state index contributed by atoms with van der Waals surface area (Å²) in [6, 6.07) is 13.2. The Hall–Kier alpha value is -2.29. The number of carbonyl (C=O) groups excluding carboxylic acids is 1. The summed E-state index contributed by atoms with van der Waals surface area (Å²) in [6.45, 7) is 3.94. The summed E-state index contributed by atoms with van der Waals surface area (Å²) < 4.78 is 0. The molecule has 0 aliphatic carbocycles. The highest BCUT2D eigenvalue weighted by Crippen LogP contribution is 2.21. The van der Waals surface area contributed by atoms with Crippen LogP contribution in [0.15, 0.2) is 42.5 Å². The van der Waals surface area contributed by atoms with Crippen molar-refractivity contribution in [1.82, 2.24) is 0 Å². The van der Waals surface area contributed by atoms with Crippen LogP contribution in [0.4, 0.5) is 11.4 Å². The maximum Gasteiger partial charge on any atom is 0.255 e. The van der Waals surface area contributed by atoms with Crippen LogP contribution >= 0.6 is 0 Å². The standard InChI is InChI=1S/C16H18N2O/c1-3-12-7-4-5-8-13(12)16(19)18-15-10-6-9-14(17)11(15)2/h4-10H,3,17H2,1-2H3,(H,18,19). The Bertz CT molecular complexity index is 605. The number of anilines is 2. The van der Waals surface area contributed by atoms with Gasteiger partial charge in [0.2, 0.25) is 0 Å². The first-order chi connectivity index (χ1) is 9.13. The van der Waals surface area contributed by atoms with E-state index in [-0.39, 0.29) is 5.91 Å². The number of nitrogens with one attached hydrogen (secondary N) is 1. The normalized spacial score (nSPS) is 10.2. The molecule has 0 aliphatic heterocycles. The first-order valence-corrected chi connectivity index (χ1v) is 6.37. The molecule has 0 bridgehead atoms. The molecule has 3 heteroatoms. The Balaban J connectivity index is 2.28. The number of nitrogen functional groups attached to an aromatic ring is 1. The van der Waals surface area contributed by atoms with Gasteiger partial charge in [-0.05, 0) is 42.7 Å². The van der Waals surface area contributed by atoms with Gasteiger partial charge < -0.3 is 11.1 Å². The maximum absolute atomic E-state index is 12.3. The summed E-state index contributed by atoms with van der Waals surface area (Å²) >= 11 is 0. The van der Waals surface area contributed by atoms with Crippen molar-refractivity contribution in [2.45, 2.75) is 20.3 Å². The molecule has 2 aromatic rings. The lowest BCUT2D eigenvalue weighted by atomic mass is 10.0. The van der Waals surface area contributed by atoms with Crippen molar-refractivity contribution in [1.29, 1.82) is 0 Å². The van der Waals surface area contributed by atoms with Crippen molar-refractivity contribution in [3.63, 3.8) is 0 Å². The molecule has 19 heavy (non-hydrogen) atoms. The van der Waals surface area contributed by atoms with Gasteiger partial charge in [0.1, 0.15) is 0 Å². The van der Waals surface area contributed by atoms with Crippen molar-refractivity contribution in [3.8, 4) is 0 Å². The number of amides is 1. The second-order valence-electron chi connectivity index (χ2n) is 4.48. The van der Waals surface area contributed by atoms with E-state index in [0.29, 0.717) is 11.3 Å². The topological polar surface area (TPSA) is 55.1 Å². The zero-order valence-corrected chi connectivity index (χ0v) is 11.2. The predicted molar refractivity (Wildman–Crippen MR) is 79.4 cm³/mol. The molecule has 0 aromatic heterocycles. The van der Waals surface area contributed by atoms with Crippen molar-refractivity contribution in [2.75, 3.05) is 11.1 Å². The molecule has 0 saturated heterocycles. The number of hydrogen-bond donors (Lipinski definition) is 2. The van der Waals surface area contributed by atoms with E-state index in [2.05, 4.69) is 5.32 Å². The number of aryl methyl sites for hydroxylation is 1. The van der Waals surface area contributed by atoms with Gasteiger partial charge in [-0.25, -0.2) is 0 Å². The van der Waals surface area contributed by atoms with Crippen LogP contribution in [0.5, 0.6) is 0 Å². The van der Waals surface area contributed by atoms with Gasteiger partial charge in [-0.3, -0.25) is 4.79 Å². The van der Waals surface area contributed by atoms with E-state index in [1.807, 2.05) is 56.3 Å². The summed E-state index contributed by atoms with van der Waals surface area (Å²) in [5.74, 6) is -0.0915. The molecular weight excluding hydrogens is 236 g/mol. The fraction of sp³-hybridized carbons (Fsp3) is 0.188. The van der Waals surface area contributed by atoms with Gasteiger partial charge in [0.05, 0.1) is 0 Å². The molecule has 1 amide bonds. The SMILES string of the molecule is CCc1ccccc1C(=O)Nc1cccc(N)c1C. The van der Waals surface area contributed by atoms with Gasteiger partial charge in [-0.2, -0.15) is 0 Å². The van der Waals surface area contributed by atoms with Crippen LogP contribution < -0.4 is 11.1 Å². The predicted octanol–water partition coefficient (Wildman–Crippen LogP) is 3.39. The molecule has 3 N–H and O–H groups in total. The van der Waals surface area contributed by atoms with Gasteiger partial charge in [0, 0.05) is 16.9 Å². The lowest BCUT2D eigenvalue weighted by Gasteiger charge is -2.12. The van der Waals surface area contributed by atoms with E-state index < -0.39 is 0 Å². The Labute approximate surface area is 113 Å². The first-order valence-electron chi connectivity index (χ1n) is 6.37. The fourth-order valence-electron chi connectivity index (χ4n) is 2.03. The zero-order chi connectivity index (χ0) is 13.8. The Kier molecular flexibility index (Phi) is 3.85. The highest BCUT2D eigenvalue weighted by molar-refractivity contribution is 6.05. The molecule has 0 atom stereocenters. The number of hydrogen-bond acceptors (Lipinski definition) is 2. The lowest BCUT2D eigenvalue weighted by molar-refractivity contribution is 0.102. The van der Waals surface area contributed by atoms with Crippen molar-refractivity contribution < 1.29 is 4.79 Å². The van der Waals surface area contributed by atoms with E-state index in [4.69, 9.17) is 5.73 Å². The molecule has 0 unspecified atom stereocenters. The quantitative estimate of drug-likeness (QED) is 0.825. The second kappa shape index (κ2) is 5.57. The highest BCUT2D eigenvalue weighted by Gasteiger charge is 2.11. The monoisotopic (exact) mass is 254 g/mol. The summed E-state index contributed by atoms with van der Waals surface area (Å²) in [5.41, 5.74) is 9.93. The third-order valence-electron chi connectivity index (χ3n) is 3.27. The van der Waals surface area contributed by atoms with Crippen LogP contribution in [0.1, 0.15) is 28.4 Å². The second-order valence-corrected chi connectivity index (χ2v) is 4.48. The molecule has 0 radical (unpaired) electrons. The van der Waals surface area contributed by atoms with E-state index in [9.17, 15) is 4.79 Å². The third kappa shape index (κ3) is 2.76. The van der Waals surface area contributed by atoms with Crippen LogP contribution in [-0.2, 0) is 6.42 Å². The van der Waals surface area contributed by atoms with E-state index in [1.54, 1.807) is 0 Å². The average molecular weight is 254 g/mol. The van der Waals surface area contributed by atoms with Gasteiger partial charge in [-0.15, -0.1) is 0 Å². The maximum atomic E-state index is 12.3. The summed E-state index contributed by atoms with van der Waals surface area (Å²) in [6.07, 6.45) is 0.833. The largest absolute Gasteiger partial charge is 0.398 e. The molecule has 0 aliphatic rings. The minimum Gasteiger partial charge on any atom is -0.398 e. The fourth-order valence-corrected chi connectivity index (χ4v) is 2.03. The molecule has 3 nitrogen and oxygen atoms in total. The molecule has 2 aromatic carbocycles. The molecule has 0 saturated carbocycles. The molecule has 2 rings (SSSR count). The van der Waals surface area contributed by atoms with E-state index in [0.717, 1.165) is 23.2 Å². The van der Waals surface area contributed by atoms with Crippen LogP contribution in [0, 0.1) is 6.92 Å². The van der Waals surface area contributed by atoms with Crippen LogP contribution in [0.2, 0.25) is 0 Å². The molecule has 0 spiro atoms. The minimum absolute atomic E-state index is 0.0915. The van der Waals surface area contributed by atoms with Crippen molar-refractivity contribution >= 4 is 17.3 Å². The van der Waals surface area contributed by atoms with Gasteiger partial charge in [-0.1, -0.05) is 31.2 Å². The van der Waals surface area contributed by atoms with Gasteiger partial charge >= 0.3 is 0 Å². The molecular formula is C16H18N2O. The Morgan fingerprint density at radius 2 is 1.89 bits per heavy atom. The van der Waals surface area contributed by atoms with Crippen LogP contribution in [-0.4, -0.2) is 5.91 Å². The van der Waals surface area contributed by atoms with E-state index >= 15 is 0 Å². The van der Waals surface area contributed by atoms with E-state index in [1.165, 1.54) is 0 Å². The van der Waals surface area contributed by atoms with Gasteiger partial charge in [0.15, 0.2) is 0 Å². The first kappa shape index (κ1) is 13.1. The number of benzene rings is 2. The summed E-state index contributed by atoms with van der Waals surface area (Å²) in [4.78, 5) is 12.3. The number of rotatable bonds is 3. The smallest absolute Gasteiger partial charge is 0.255 e. The number of carbonyl (C=O) groups is 1. The molecule has 98 valence electrons. The van der Waals surface area contributed by atoms with Crippen LogP contribution in [0.25, 0.3) is 0 Å². The number of nitrogens with two attached hydrogens (primary N) is 1. The van der Waals surface area contributed by atoms with Crippen LogP contribution in [0.3, 0.4) is 0 Å². The van der Waals surface area contributed by atoms with Gasteiger partial charge in [0.25, 0.3) is 5.91 Å². The Morgan fingerprint density at radius 3 is 2.63 bits per heavy atom. The average Bonchev–Trinajstić information content (AvgIpc) is 2.43. The molecule has 0 fully saturated rings. The third-order valence-corrected chi connectivity index (χ3v) is 3.27. The highest BCUT2D eigenvalue weighted by atomic mass is 16.1. The lowest BCUT2D eigenvalue weighted by Crippen LogP contribution is -2.15. The summed E-state index contributed by atoms with van der Waals surface area (Å²) in [7, 11) is 0. The van der Waals surface area contributed by atoms with Crippen molar-refractivity contribution in [3.05, 3.63) is 59.2 Å². The summed E-state index contributed by atoms with van der Waals surface area (Å²) in [5, 5.41) is 2.92. The Morgan fingerprint density at radius 1 is 1.16 bits per heavy atom. The van der Waals surface area contributed by atoms with Crippen molar-refractivity contribution in [2.24, 2.45) is 0 Å². The zero-order valence-electron chi connectivity index (χ0n) is 11.2. The minimum atomic E-state index is -0.0915.